The van der Waals surface area contributed by atoms with Gasteiger partial charge < -0.3 is 0 Å². The molecule has 0 radical (unpaired) electrons. The number of carbonyl (C=O) groups excluding carboxylic acids is 1. The molecule has 7 heteroatoms. The van der Waals surface area contributed by atoms with Crippen molar-refractivity contribution in [3.63, 3.8) is 0 Å². The van der Waals surface area contributed by atoms with Crippen LogP contribution < -0.4 is 0 Å². The average Bonchev–Trinajstić information content (AvgIpc) is 1.62. The van der Waals surface area contributed by atoms with E-state index in [4.69, 9.17) is 19.8 Å². The molecule has 0 amide bonds. The normalized spacial score (nSPS) is 12.8. The van der Waals surface area contributed by atoms with Gasteiger partial charge in [-0.2, -0.15) is 0 Å². The Kier molecular flexibility index (Phi) is 2.22. The summed E-state index contributed by atoms with van der Waals surface area (Å²) in [5, 5.41) is 7.72. The number of carbonyl (C=O) groups is 2. The molecule has 0 aliphatic carbocycles. The fourth-order valence-corrected chi connectivity index (χ4v) is 0.430. The van der Waals surface area contributed by atoms with Gasteiger partial charge in [0.1, 0.15) is 0 Å². The summed E-state index contributed by atoms with van der Waals surface area (Å²) >= 11 is 0. The van der Waals surface area contributed by atoms with Gasteiger partial charge in [-0.15, -0.1) is 0 Å². The van der Waals surface area contributed by atoms with Crippen molar-refractivity contribution in [1.29, 1.82) is 0 Å². The van der Waals surface area contributed by atoms with Gasteiger partial charge in [0.15, 0.2) is 0 Å². The van der Waals surface area contributed by atoms with Crippen LogP contribution in [0.2, 0.25) is 0 Å². The molecule has 0 atom stereocenters. The van der Waals surface area contributed by atoms with Crippen molar-refractivity contribution in [3.05, 3.63) is 0 Å². The van der Waals surface area contributed by atoms with Crippen molar-refractivity contribution < 1.29 is 29.4 Å². The minimum absolute atomic E-state index is 1.94. The van der Waals surface area contributed by atoms with Crippen LogP contribution in [0, 0.1) is 0 Å². The number of aliphatic carboxylic acids is 1. The van der Waals surface area contributed by atoms with Gasteiger partial charge in [-0.05, 0) is 0 Å². The van der Waals surface area contributed by atoms with E-state index in [9.17, 15) is 9.59 Å². The van der Waals surface area contributed by atoms with Gasteiger partial charge in [-0.25, -0.2) is 0 Å². The number of carboxylic acid groups (broad SMARTS) is 1. The number of carboxylic acids is 1. The molecule has 9 heavy (non-hydrogen) atoms. The average molecular weight is 156 g/mol. The van der Waals surface area contributed by atoms with Crippen LogP contribution in [0.15, 0.2) is 0 Å². The molecule has 0 aliphatic heterocycles. The molecule has 0 bridgehead atoms. The second-order valence-corrected chi connectivity index (χ2v) is 2.99. The Labute approximate surface area is 49.9 Å². The first-order chi connectivity index (χ1) is 3.85. The van der Waals surface area contributed by atoms with E-state index in [2.05, 4.69) is 0 Å². The second kappa shape index (κ2) is 2.36. The molecule has 0 aliphatic rings. The van der Waals surface area contributed by atoms with Gasteiger partial charge in [0.2, 0.25) is 0 Å². The Morgan fingerprint density at radius 1 is 1.11 bits per heavy atom. The summed E-state index contributed by atoms with van der Waals surface area (Å²) in [6.45, 7) is 0. The zero-order chi connectivity index (χ0) is 7.65. The van der Waals surface area contributed by atoms with Crippen LogP contribution in [0.4, 0.5) is 0 Å². The quantitative estimate of drug-likeness (QED) is 0.273. The van der Waals surface area contributed by atoms with Crippen LogP contribution in [0.5, 0.6) is 0 Å². The molecule has 0 spiro atoms. The fourth-order valence-electron chi connectivity index (χ4n) is 0.143. The summed E-state index contributed by atoms with van der Waals surface area (Å²) in [4.78, 5) is 43.4. The van der Waals surface area contributed by atoms with E-state index in [1.807, 2.05) is 0 Å². The van der Waals surface area contributed by atoms with Crippen molar-refractivity contribution in [2.45, 2.75) is 0 Å². The van der Waals surface area contributed by atoms with E-state index < -0.39 is 19.4 Å². The number of hydrogen-bond donors (Lipinski definition) is 4. The molecular weight excluding hydrogens is 151 g/mol. The Balaban J connectivity index is 4.23. The van der Waals surface area contributed by atoms with E-state index in [0.29, 0.717) is 0 Å². The van der Waals surface area contributed by atoms with Gasteiger partial charge >= 0.3 is 48.8 Å². The summed E-state index contributed by atoms with van der Waals surface area (Å²) in [5.41, 5.74) is -1.94. The molecular formula is C2H5O6P. The third kappa shape index (κ3) is 2.48. The molecule has 4 N–H and O–H groups in total. The van der Waals surface area contributed by atoms with Crippen molar-refractivity contribution in [1.82, 2.24) is 0 Å². The summed E-state index contributed by atoms with van der Waals surface area (Å²) < 4.78 is 0. The summed E-state index contributed by atoms with van der Waals surface area (Å²) in [6.07, 6.45) is 0. The summed E-state index contributed by atoms with van der Waals surface area (Å²) in [7, 11) is -5.06. The minimum atomic E-state index is -5.06. The molecule has 0 saturated carbocycles. The van der Waals surface area contributed by atoms with Gasteiger partial charge in [0.05, 0.1) is 0 Å². The van der Waals surface area contributed by atoms with Crippen LogP contribution in [-0.4, -0.2) is 31.3 Å². The predicted molar refractivity (Wildman–Crippen MR) is 27.6 cm³/mol. The zero-order valence-corrected chi connectivity index (χ0v) is 5.11. The van der Waals surface area contributed by atoms with Crippen molar-refractivity contribution in [2.75, 3.05) is 0 Å². The molecule has 0 rings (SSSR count). The monoisotopic (exact) mass is 156 g/mol. The molecule has 0 aromatic carbocycles. The topological polar surface area (TPSA) is 115 Å². The third-order valence-corrected chi connectivity index (χ3v) is 1.32. The standard InChI is InChI=1S/C2H5O6P/c3-1(4)2(5)9(6,7)8/h6-9H,(H,3,4). The van der Waals surface area contributed by atoms with E-state index in [1.165, 1.54) is 0 Å². The Bertz CT molecular complexity index is 144. The van der Waals surface area contributed by atoms with Crippen LogP contribution in [0.1, 0.15) is 0 Å². The van der Waals surface area contributed by atoms with Gasteiger partial charge in [-0.1, -0.05) is 0 Å². The van der Waals surface area contributed by atoms with Crippen LogP contribution in [0.3, 0.4) is 0 Å². The van der Waals surface area contributed by atoms with Crippen LogP contribution >= 0.6 is 7.94 Å². The van der Waals surface area contributed by atoms with E-state index in [0.717, 1.165) is 0 Å². The predicted octanol–water partition coefficient (Wildman–Crippen LogP) is -1.93. The van der Waals surface area contributed by atoms with Gasteiger partial charge in [-0.3, -0.25) is 0 Å². The Hall–Kier alpha value is -0.550. The SMILES string of the molecule is O=C(O)C(=O)[PH](O)(O)O. The van der Waals surface area contributed by atoms with Gasteiger partial charge in [0.25, 0.3) is 0 Å². The number of rotatable bonds is 2. The first kappa shape index (κ1) is 8.45. The molecule has 0 aromatic rings. The molecule has 0 heterocycles. The molecule has 54 valence electrons. The fraction of sp³-hybridized carbons (Fsp3) is 0. The van der Waals surface area contributed by atoms with Crippen LogP contribution in [0.25, 0.3) is 0 Å². The van der Waals surface area contributed by atoms with E-state index in [1.54, 1.807) is 0 Å². The third-order valence-electron chi connectivity index (χ3n) is 0.499. The Morgan fingerprint density at radius 2 is 1.44 bits per heavy atom. The molecule has 0 aromatic heterocycles. The maximum absolute atomic E-state index is 9.88. The van der Waals surface area contributed by atoms with E-state index >= 15 is 0 Å². The Morgan fingerprint density at radius 3 is 1.44 bits per heavy atom. The first-order valence-electron chi connectivity index (χ1n) is 1.80. The molecule has 0 unspecified atom stereocenters. The zero-order valence-electron chi connectivity index (χ0n) is 4.11. The van der Waals surface area contributed by atoms with Crippen LogP contribution in [-0.2, 0) is 9.59 Å². The van der Waals surface area contributed by atoms with Crippen molar-refractivity contribution in [3.8, 4) is 0 Å². The first-order valence-corrected chi connectivity index (χ1v) is 3.64. The summed E-state index contributed by atoms with van der Waals surface area (Å²) in [5.74, 6) is -2.05. The second-order valence-electron chi connectivity index (χ2n) is 1.27. The van der Waals surface area contributed by atoms with Crippen molar-refractivity contribution >= 4 is 19.4 Å². The maximum atomic E-state index is 9.88. The number of hydrogen-bond acceptors (Lipinski definition) is 5. The molecule has 0 saturated heterocycles. The van der Waals surface area contributed by atoms with Gasteiger partial charge in [0, 0.05) is 0 Å². The molecule has 0 fully saturated rings. The summed E-state index contributed by atoms with van der Waals surface area (Å²) in [6, 6.07) is 0. The van der Waals surface area contributed by atoms with Crippen molar-refractivity contribution in [2.24, 2.45) is 0 Å². The van der Waals surface area contributed by atoms with E-state index in [-0.39, 0.29) is 0 Å². The molecule has 6 nitrogen and oxygen atoms in total.